The largest absolute Gasteiger partial charge is 0.763 e. The van der Waals surface area contributed by atoms with Crippen molar-refractivity contribution in [2.45, 2.75) is 0 Å². The number of rotatable bonds is 1. The summed E-state index contributed by atoms with van der Waals surface area (Å²) >= 11 is 0. The Labute approximate surface area is 23.0 Å². The Bertz CT molecular complexity index is 6.00. The van der Waals surface area contributed by atoms with Crippen LogP contribution >= 0.6 is 0 Å². The van der Waals surface area contributed by atoms with Crippen molar-refractivity contribution in [1.29, 1.82) is 0 Å². The fraction of sp³-hybridized carbons (Fsp3) is 0. The number of nitrogens with two attached hydrogens (primary N) is 1. The second-order valence-corrected chi connectivity index (χ2v) is 0.201. The van der Waals surface area contributed by atoms with Crippen molar-refractivity contribution in [1.82, 2.24) is 5.64 Å². The third-order valence-corrected chi connectivity index (χ3v) is 0.0481. The summed E-state index contributed by atoms with van der Waals surface area (Å²) in [6.45, 7) is 0. The van der Waals surface area contributed by atoms with Crippen LogP contribution in [0.25, 0.3) is 0 Å². The van der Waals surface area contributed by atoms with Crippen LogP contribution in [0.5, 0.6) is 0 Å². The van der Waals surface area contributed by atoms with E-state index in [4.69, 9.17) is 5.21 Å². The predicted octanol–water partition coefficient (Wildman–Crippen LogP) is -1.12. The third kappa shape index (κ3) is 1.84. The molecule has 3 N–H and O–H groups in total. The van der Waals surface area contributed by atoms with E-state index in [1.807, 2.05) is 0 Å². The van der Waals surface area contributed by atoms with E-state index in [0.717, 1.165) is 5.64 Å². The Morgan fingerprint density at radius 2 is 2.25 bits per heavy atom. The average Bonchev–Trinajstić information content (AvgIpc) is 1.37. The maximum atomic E-state index is 8.70. The first-order valence-electron chi connectivity index (χ1n) is 0.644. The molecule has 0 aromatic carbocycles. The van der Waals surface area contributed by atoms with E-state index in [9.17, 15) is 0 Å². The molecule has 0 atom stereocenters. The van der Waals surface area contributed by atoms with Crippen LogP contribution < -0.4 is 11.5 Å². The van der Waals surface area contributed by atoms with E-state index in [0.29, 0.717) is 0 Å². The SMILES string of the molecule is NON[O-]. The second-order valence-electron chi connectivity index (χ2n) is 0.201. The zero-order valence-corrected chi connectivity index (χ0v) is 1.89. The highest BCUT2D eigenvalue weighted by atomic mass is 16.9. The van der Waals surface area contributed by atoms with Crippen molar-refractivity contribution in [3.8, 4) is 0 Å². The summed E-state index contributed by atoms with van der Waals surface area (Å²) in [7, 11) is 0. The molecule has 0 fully saturated rings. The quantitative estimate of drug-likeness (QED) is 0.378. The van der Waals surface area contributed by atoms with E-state index in [1.54, 1.807) is 0 Å². The van der Waals surface area contributed by atoms with E-state index >= 15 is 0 Å². The predicted molar refractivity (Wildman–Crippen MR) is 11.8 cm³/mol. The molecule has 4 heteroatoms. The maximum absolute atomic E-state index is 8.70. The van der Waals surface area contributed by atoms with E-state index in [2.05, 4.69) is 10.8 Å². The zero-order valence-electron chi connectivity index (χ0n) is 1.89. The highest BCUT2D eigenvalue weighted by molar-refractivity contribution is 4.05. The molecule has 0 rings (SSSR count). The van der Waals surface area contributed by atoms with Crippen LogP contribution in [-0.4, -0.2) is 0 Å². The minimum Gasteiger partial charge on any atom is -0.763 e. The zero-order chi connectivity index (χ0) is 3.41. The van der Waals surface area contributed by atoms with Gasteiger partial charge in [-0.1, -0.05) is 0 Å². The average molecular weight is 63.0 g/mol. The van der Waals surface area contributed by atoms with Crippen LogP contribution in [0.15, 0.2) is 0 Å². The molecular formula is H3N2O2-. The second kappa shape index (κ2) is 2.84. The number of nitrogens with one attached hydrogen (secondary N) is 1. The smallest absolute Gasteiger partial charge is 0.197 e. The lowest BCUT2D eigenvalue weighted by molar-refractivity contribution is 0.0725. The lowest BCUT2D eigenvalue weighted by atomic mass is 13.1. The fourth-order valence-electron chi connectivity index (χ4n) is 0. The van der Waals surface area contributed by atoms with Crippen LogP contribution in [0.4, 0.5) is 0 Å². The van der Waals surface area contributed by atoms with Gasteiger partial charge in [0.1, 0.15) is 0 Å². The summed E-state index contributed by atoms with van der Waals surface area (Å²) in [5, 5.41) is 8.70. The molecule has 0 bridgehead atoms. The molecule has 0 saturated heterocycles. The minimum absolute atomic E-state index is 0.958. The normalized spacial score (nSPS) is 7.50. The molecule has 0 spiro atoms. The summed E-state index contributed by atoms with van der Waals surface area (Å²) in [6, 6.07) is 0. The Balaban J connectivity index is 1.97. The number of hydrogen-bond donors (Lipinski definition) is 2. The van der Waals surface area contributed by atoms with Crippen molar-refractivity contribution in [2.75, 3.05) is 0 Å². The van der Waals surface area contributed by atoms with Crippen LogP contribution in [-0.2, 0) is 4.94 Å². The summed E-state index contributed by atoms with van der Waals surface area (Å²) in [6.07, 6.45) is 0. The first-order valence-corrected chi connectivity index (χ1v) is 0.644. The summed E-state index contributed by atoms with van der Waals surface area (Å²) in [5.74, 6) is 4.10. The van der Waals surface area contributed by atoms with Crippen molar-refractivity contribution in [3.63, 3.8) is 0 Å². The third-order valence-electron chi connectivity index (χ3n) is 0.0481. The van der Waals surface area contributed by atoms with Crippen LogP contribution in [0.1, 0.15) is 0 Å². The van der Waals surface area contributed by atoms with Gasteiger partial charge in [0.2, 0.25) is 0 Å². The summed E-state index contributed by atoms with van der Waals surface area (Å²) in [4.78, 5) is 3.24. The molecule has 0 aliphatic carbocycles. The van der Waals surface area contributed by atoms with Crippen molar-refractivity contribution >= 4 is 0 Å². The molecule has 0 aromatic rings. The molecule has 4 nitrogen and oxygen atoms in total. The van der Waals surface area contributed by atoms with Gasteiger partial charge in [-0.3, -0.25) is 5.64 Å². The number of hydrogen-bond acceptors (Lipinski definition) is 4. The Kier molecular flexibility index (Phi) is 2.73. The van der Waals surface area contributed by atoms with E-state index < -0.39 is 0 Å². The van der Waals surface area contributed by atoms with Gasteiger partial charge in [-0.05, 0) is 0 Å². The topological polar surface area (TPSA) is 70.3 Å². The molecular weight excluding hydrogens is 60.0 g/mol. The monoisotopic (exact) mass is 63.0 g/mol. The molecule has 0 saturated carbocycles. The molecule has 0 heterocycles. The Morgan fingerprint density at radius 1 is 2.00 bits per heavy atom. The molecule has 0 aliphatic rings. The first-order chi connectivity index (χ1) is 1.91. The van der Waals surface area contributed by atoms with Gasteiger partial charge in [-0.2, -0.15) is 5.90 Å². The van der Waals surface area contributed by atoms with Gasteiger partial charge in [-0.25, -0.2) is 4.94 Å². The summed E-state index contributed by atoms with van der Waals surface area (Å²) < 4.78 is 0. The lowest BCUT2D eigenvalue weighted by Crippen LogP contribution is -2.09. The fourth-order valence-corrected chi connectivity index (χ4v) is 0. The summed E-state index contributed by atoms with van der Waals surface area (Å²) in [5.41, 5.74) is 0.958. The van der Waals surface area contributed by atoms with Crippen LogP contribution in [0, 0.1) is 5.21 Å². The highest BCUT2D eigenvalue weighted by Crippen LogP contribution is 1.25. The highest BCUT2D eigenvalue weighted by Gasteiger charge is 1.33. The van der Waals surface area contributed by atoms with Gasteiger partial charge in [0.15, 0.2) is 0 Å². The van der Waals surface area contributed by atoms with Crippen molar-refractivity contribution < 1.29 is 4.94 Å². The van der Waals surface area contributed by atoms with Crippen molar-refractivity contribution in [2.24, 2.45) is 5.90 Å². The lowest BCUT2D eigenvalue weighted by Gasteiger charge is -1.96. The van der Waals surface area contributed by atoms with Gasteiger partial charge >= 0.3 is 0 Å². The first kappa shape index (κ1) is 3.84. The molecule has 26 valence electrons. The molecule has 0 radical (unpaired) electrons. The molecule has 0 amide bonds. The molecule has 0 aliphatic heterocycles. The minimum atomic E-state index is 0.958. The standard InChI is InChI=1S/H3N2O2/c1-4-2-3/h2H,1H2/q-1. The van der Waals surface area contributed by atoms with Gasteiger partial charge in [0, 0.05) is 0 Å². The molecule has 4 heavy (non-hydrogen) atoms. The van der Waals surface area contributed by atoms with Crippen LogP contribution in [0.3, 0.4) is 0 Å². The van der Waals surface area contributed by atoms with E-state index in [-0.39, 0.29) is 0 Å². The van der Waals surface area contributed by atoms with Gasteiger partial charge in [-0.15, -0.1) is 0 Å². The van der Waals surface area contributed by atoms with Gasteiger partial charge < -0.3 is 5.21 Å². The Morgan fingerprint density at radius 3 is 2.25 bits per heavy atom. The van der Waals surface area contributed by atoms with Gasteiger partial charge in [0.05, 0.1) is 0 Å². The van der Waals surface area contributed by atoms with Crippen LogP contribution in [0.2, 0.25) is 0 Å². The maximum Gasteiger partial charge on any atom is -0.197 e. The van der Waals surface area contributed by atoms with Gasteiger partial charge in [0.25, 0.3) is 0 Å². The van der Waals surface area contributed by atoms with E-state index in [1.165, 1.54) is 0 Å². The van der Waals surface area contributed by atoms with Crippen molar-refractivity contribution in [3.05, 3.63) is 5.21 Å². The molecule has 0 aromatic heterocycles. The molecule has 0 unspecified atom stereocenters. The Hall–Kier alpha value is -0.160.